The maximum absolute atomic E-state index is 11.5. The third-order valence-electron chi connectivity index (χ3n) is 2.43. The molecule has 0 spiro atoms. The highest BCUT2D eigenvalue weighted by Crippen LogP contribution is 2.14. The van der Waals surface area contributed by atoms with Crippen LogP contribution in [0.3, 0.4) is 0 Å². The van der Waals surface area contributed by atoms with Crippen molar-refractivity contribution in [1.82, 2.24) is 0 Å². The van der Waals surface area contributed by atoms with Crippen LogP contribution >= 0.6 is 0 Å². The molecule has 0 radical (unpaired) electrons. The summed E-state index contributed by atoms with van der Waals surface area (Å²) in [6, 6.07) is 4.72. The summed E-state index contributed by atoms with van der Waals surface area (Å²) in [5.74, 6) is -0.968. The summed E-state index contributed by atoms with van der Waals surface area (Å²) in [5, 5.41) is 10.9. The van der Waals surface area contributed by atoms with Crippen molar-refractivity contribution in [3.05, 3.63) is 39.9 Å². The summed E-state index contributed by atoms with van der Waals surface area (Å²) in [7, 11) is 0. The van der Waals surface area contributed by atoms with Gasteiger partial charge in [0.05, 0.1) is 13.0 Å². The van der Waals surface area contributed by atoms with E-state index >= 15 is 0 Å². The number of esters is 2. The van der Waals surface area contributed by atoms with Gasteiger partial charge in [0.2, 0.25) is 0 Å². The van der Waals surface area contributed by atoms with Crippen LogP contribution in [0.1, 0.15) is 19.4 Å². The van der Waals surface area contributed by atoms with E-state index in [1.807, 2.05) is 0 Å². The van der Waals surface area contributed by atoms with Crippen molar-refractivity contribution in [3.63, 3.8) is 0 Å². The van der Waals surface area contributed by atoms with E-state index in [1.54, 1.807) is 19.1 Å². The van der Waals surface area contributed by atoms with Gasteiger partial charge in [-0.2, -0.15) is 0 Å². The fourth-order valence-electron chi connectivity index (χ4n) is 1.57. The second kappa shape index (κ2) is 7.22. The highest BCUT2D eigenvalue weighted by atomic mass is 16.6. The molecule has 1 aromatic carbocycles. The van der Waals surface area contributed by atoms with Crippen molar-refractivity contribution in [2.45, 2.75) is 26.3 Å². The van der Waals surface area contributed by atoms with Crippen LogP contribution in [0.4, 0.5) is 0 Å². The highest BCUT2D eigenvalue weighted by molar-refractivity contribution is 5.74. The van der Waals surface area contributed by atoms with Crippen LogP contribution in [0, 0.1) is 10.1 Å². The first-order chi connectivity index (χ1) is 9.43. The van der Waals surface area contributed by atoms with Crippen LogP contribution in [-0.2, 0) is 20.7 Å². The maximum atomic E-state index is 11.5. The standard InChI is InChI=1S/C13H15NO6/c1-3-19-13(16)12(14(17)18)8-10-4-6-11(7-5-10)20-9(2)15/h4-7,12H,3,8H2,1-2H3. The molecule has 1 rings (SSSR count). The number of rotatable bonds is 6. The van der Waals surface area contributed by atoms with Crippen molar-refractivity contribution in [3.8, 4) is 5.75 Å². The fourth-order valence-corrected chi connectivity index (χ4v) is 1.57. The third-order valence-corrected chi connectivity index (χ3v) is 2.43. The van der Waals surface area contributed by atoms with E-state index in [0.29, 0.717) is 11.3 Å². The van der Waals surface area contributed by atoms with Crippen LogP contribution in [-0.4, -0.2) is 29.5 Å². The number of carbonyl (C=O) groups is 2. The summed E-state index contributed by atoms with van der Waals surface area (Å²) in [4.78, 5) is 32.4. The monoisotopic (exact) mass is 281 g/mol. The first-order valence-corrected chi connectivity index (χ1v) is 6.01. The Morgan fingerprint density at radius 3 is 2.35 bits per heavy atom. The Labute approximate surface area is 115 Å². The van der Waals surface area contributed by atoms with Gasteiger partial charge in [-0.3, -0.25) is 14.9 Å². The Kier molecular flexibility index (Phi) is 5.64. The lowest BCUT2D eigenvalue weighted by atomic mass is 10.1. The van der Waals surface area contributed by atoms with E-state index in [2.05, 4.69) is 4.74 Å². The van der Waals surface area contributed by atoms with Crippen molar-refractivity contribution >= 4 is 11.9 Å². The molecule has 0 saturated heterocycles. The third kappa shape index (κ3) is 4.68. The lowest BCUT2D eigenvalue weighted by Crippen LogP contribution is -2.33. The van der Waals surface area contributed by atoms with Crippen molar-refractivity contribution in [1.29, 1.82) is 0 Å². The van der Waals surface area contributed by atoms with Gasteiger partial charge < -0.3 is 9.47 Å². The Morgan fingerprint density at radius 1 is 1.30 bits per heavy atom. The first kappa shape index (κ1) is 15.6. The molecule has 0 aromatic heterocycles. The molecule has 0 bridgehead atoms. The largest absolute Gasteiger partial charge is 0.461 e. The molecule has 7 heteroatoms. The number of carbonyl (C=O) groups excluding carboxylic acids is 2. The second-order valence-electron chi connectivity index (χ2n) is 3.99. The summed E-state index contributed by atoms with van der Waals surface area (Å²) in [5.41, 5.74) is 0.579. The summed E-state index contributed by atoms with van der Waals surface area (Å²) >= 11 is 0. The zero-order chi connectivity index (χ0) is 15.1. The average molecular weight is 281 g/mol. The first-order valence-electron chi connectivity index (χ1n) is 6.01. The van der Waals surface area contributed by atoms with Gasteiger partial charge in [0.15, 0.2) is 0 Å². The van der Waals surface area contributed by atoms with Crippen LogP contribution < -0.4 is 4.74 Å². The Balaban J connectivity index is 2.76. The smallest absolute Gasteiger partial charge is 0.382 e. The van der Waals surface area contributed by atoms with E-state index in [1.165, 1.54) is 19.1 Å². The van der Waals surface area contributed by atoms with Crippen LogP contribution in [0.2, 0.25) is 0 Å². The predicted octanol–water partition coefficient (Wildman–Crippen LogP) is 1.36. The number of ether oxygens (including phenoxy) is 2. The van der Waals surface area contributed by atoms with Gasteiger partial charge in [-0.15, -0.1) is 0 Å². The average Bonchev–Trinajstić information content (AvgIpc) is 2.37. The van der Waals surface area contributed by atoms with Crippen molar-refractivity contribution in [2.75, 3.05) is 6.61 Å². The predicted molar refractivity (Wildman–Crippen MR) is 68.9 cm³/mol. The molecule has 1 unspecified atom stereocenters. The van der Waals surface area contributed by atoms with E-state index < -0.39 is 22.9 Å². The topological polar surface area (TPSA) is 95.7 Å². The van der Waals surface area contributed by atoms with Gasteiger partial charge in [0.25, 0.3) is 0 Å². The molecule has 1 aromatic rings. The van der Waals surface area contributed by atoms with Gasteiger partial charge in [-0.25, -0.2) is 4.79 Å². The molecule has 0 N–H and O–H groups in total. The van der Waals surface area contributed by atoms with Gasteiger partial charge in [0, 0.05) is 11.8 Å². The number of nitrogens with zero attached hydrogens (tertiary/aromatic N) is 1. The van der Waals surface area contributed by atoms with Crippen LogP contribution in [0.5, 0.6) is 5.75 Å². The molecule has 0 fully saturated rings. The molecule has 108 valence electrons. The van der Waals surface area contributed by atoms with Gasteiger partial charge in [-0.1, -0.05) is 12.1 Å². The molecule has 20 heavy (non-hydrogen) atoms. The Bertz CT molecular complexity index is 496. The SMILES string of the molecule is CCOC(=O)C(Cc1ccc(OC(C)=O)cc1)[N+](=O)[O-]. The molecule has 0 aliphatic heterocycles. The molecular formula is C13H15NO6. The summed E-state index contributed by atoms with van der Waals surface area (Å²) < 4.78 is 9.51. The van der Waals surface area contributed by atoms with E-state index in [-0.39, 0.29) is 13.0 Å². The Hall–Kier alpha value is -2.44. The zero-order valence-electron chi connectivity index (χ0n) is 11.2. The minimum Gasteiger partial charge on any atom is -0.461 e. The molecule has 0 aliphatic carbocycles. The van der Waals surface area contributed by atoms with Crippen LogP contribution in [0.15, 0.2) is 24.3 Å². The lowest BCUT2D eigenvalue weighted by molar-refractivity contribution is -0.510. The number of benzene rings is 1. The highest BCUT2D eigenvalue weighted by Gasteiger charge is 2.31. The minimum absolute atomic E-state index is 0.0772. The molecule has 0 aliphatic rings. The zero-order valence-corrected chi connectivity index (χ0v) is 11.2. The lowest BCUT2D eigenvalue weighted by Gasteiger charge is -2.09. The van der Waals surface area contributed by atoms with E-state index in [9.17, 15) is 19.7 Å². The molecule has 1 atom stereocenters. The Morgan fingerprint density at radius 2 is 1.90 bits per heavy atom. The van der Waals surface area contributed by atoms with Crippen LogP contribution in [0.25, 0.3) is 0 Å². The molecule has 7 nitrogen and oxygen atoms in total. The van der Waals surface area contributed by atoms with Crippen molar-refractivity contribution in [2.24, 2.45) is 0 Å². The van der Waals surface area contributed by atoms with Gasteiger partial charge >= 0.3 is 18.0 Å². The fraction of sp³-hybridized carbons (Fsp3) is 0.385. The van der Waals surface area contributed by atoms with E-state index in [4.69, 9.17) is 4.74 Å². The second-order valence-corrected chi connectivity index (χ2v) is 3.99. The summed E-state index contributed by atoms with van der Waals surface area (Å²) in [6.07, 6.45) is -0.0772. The van der Waals surface area contributed by atoms with Crippen molar-refractivity contribution < 1.29 is 24.0 Å². The van der Waals surface area contributed by atoms with Gasteiger partial charge in [0.1, 0.15) is 5.75 Å². The maximum Gasteiger partial charge on any atom is 0.382 e. The molecule has 0 saturated carbocycles. The number of nitro groups is 1. The summed E-state index contributed by atoms with van der Waals surface area (Å²) in [6.45, 7) is 2.95. The van der Waals surface area contributed by atoms with Gasteiger partial charge in [-0.05, 0) is 24.6 Å². The molecular weight excluding hydrogens is 266 g/mol. The normalized spacial score (nSPS) is 11.5. The molecule has 0 amide bonds. The number of hydrogen-bond donors (Lipinski definition) is 0. The molecule has 0 heterocycles. The van der Waals surface area contributed by atoms with E-state index in [0.717, 1.165) is 0 Å². The minimum atomic E-state index is -1.44. The number of hydrogen-bond acceptors (Lipinski definition) is 6. The quantitative estimate of drug-likeness (QED) is 0.338.